The van der Waals surface area contributed by atoms with Gasteiger partial charge < -0.3 is 8.80 Å². The van der Waals surface area contributed by atoms with Crippen LogP contribution in [0.3, 0.4) is 0 Å². The quantitative estimate of drug-likeness (QED) is 0.147. The molecular weight excluding hydrogens is 821 g/mol. The van der Waals surface area contributed by atoms with Gasteiger partial charge in [0.05, 0.1) is 33.1 Å². The van der Waals surface area contributed by atoms with E-state index in [0.29, 0.717) is 0 Å². The average molecular weight is 877 g/mol. The Kier molecular flexibility index (Phi) is 8.44. The molecule has 0 unspecified atom stereocenters. The Morgan fingerprint density at radius 3 is 0.853 bits per heavy atom. The Hall–Kier alpha value is -7.42. The first-order valence-electron chi connectivity index (χ1n) is 24.4. The topological polar surface area (TPSA) is 8.82 Å². The predicted molar refractivity (Wildman–Crippen MR) is 290 cm³/mol. The summed E-state index contributed by atoms with van der Waals surface area (Å²) in [5.74, 6) is 0. The molecule has 2 heteroatoms. The summed E-state index contributed by atoms with van der Waals surface area (Å²) >= 11 is 0. The minimum Gasteiger partial charge on any atom is -0.308 e. The van der Waals surface area contributed by atoms with Gasteiger partial charge in [0, 0.05) is 53.9 Å². The second kappa shape index (κ2) is 14.1. The lowest BCUT2D eigenvalue weighted by molar-refractivity contribution is 0.591. The average Bonchev–Trinajstić information content (AvgIpc) is 4.09. The van der Waals surface area contributed by atoms with Crippen LogP contribution in [0.25, 0.3) is 76.2 Å². The SMILES string of the molecule is CC(C)(C)c1ccc2c(c1)c1c3c4ccc(C(C)(c5ccccc5)c5ccccc5)cc4n4c5ccc(C(C)(C)C)cc5c(c5c6ccc(C(C)(c7ccccc7)c7ccccc7)cc6n2c15)c34. The van der Waals surface area contributed by atoms with Crippen molar-refractivity contribution in [3.63, 3.8) is 0 Å². The van der Waals surface area contributed by atoms with Crippen molar-refractivity contribution in [3.05, 3.63) is 239 Å². The van der Waals surface area contributed by atoms with Crippen LogP contribution in [-0.4, -0.2) is 8.80 Å². The standard InChI is InChI=1S/C66H56N2/c1-63(2,3)45-31-35-53-51(37-45)59-57-49-33-29-48(66(8,43-25-17-11-18-26-43)44-27-19-12-20-28-44)40-56(49)68-54-36-32-46(64(4,5)6)38-52(54)60(62(57)68)58-50-34-30-47(39-55(50)67(53)61(58)59)65(7,41-21-13-9-14-22-41)42-23-15-10-16-24-42/h9-40H,1-8H3. The highest BCUT2D eigenvalue weighted by atomic mass is 14.9. The summed E-state index contributed by atoms with van der Waals surface area (Å²) in [5.41, 5.74) is 17.2. The highest BCUT2D eigenvalue weighted by Crippen LogP contribution is 2.54. The first-order chi connectivity index (χ1) is 32.8. The van der Waals surface area contributed by atoms with Crippen LogP contribution in [0.1, 0.15) is 99.9 Å². The lowest BCUT2D eigenvalue weighted by atomic mass is 9.71. The molecule has 0 saturated heterocycles. The molecule has 0 bridgehead atoms. The minimum atomic E-state index is -0.387. The number of benzene rings is 9. The summed E-state index contributed by atoms with van der Waals surface area (Å²) in [5, 5.41) is 10.6. The third-order valence-corrected chi connectivity index (χ3v) is 16.2. The highest BCUT2D eigenvalue weighted by Gasteiger charge is 2.36. The Balaban J connectivity index is 1.23. The fourth-order valence-electron chi connectivity index (χ4n) is 12.3. The van der Waals surface area contributed by atoms with Crippen molar-refractivity contribution >= 4 is 76.2 Å². The zero-order chi connectivity index (χ0) is 46.5. The number of aromatic nitrogens is 2. The van der Waals surface area contributed by atoms with E-state index in [2.05, 4.69) is 258 Å². The van der Waals surface area contributed by atoms with Gasteiger partial charge in [0.25, 0.3) is 0 Å². The van der Waals surface area contributed by atoms with Crippen molar-refractivity contribution in [1.29, 1.82) is 0 Å². The fraction of sp³-hybridized carbons (Fsp3) is 0.182. The molecule has 330 valence electrons. The largest absolute Gasteiger partial charge is 0.308 e. The van der Waals surface area contributed by atoms with Crippen LogP contribution < -0.4 is 0 Å². The summed E-state index contributed by atoms with van der Waals surface area (Å²) in [6.07, 6.45) is 0. The Morgan fingerprint density at radius 2 is 0.544 bits per heavy atom. The molecule has 0 saturated carbocycles. The van der Waals surface area contributed by atoms with Crippen LogP contribution in [0.4, 0.5) is 0 Å². The predicted octanol–water partition coefficient (Wildman–Crippen LogP) is 17.3. The molecule has 0 radical (unpaired) electrons. The number of hydrogen-bond acceptors (Lipinski definition) is 0. The maximum Gasteiger partial charge on any atom is 0.0634 e. The van der Waals surface area contributed by atoms with Gasteiger partial charge >= 0.3 is 0 Å². The van der Waals surface area contributed by atoms with E-state index in [1.807, 2.05) is 0 Å². The van der Waals surface area contributed by atoms with Crippen LogP contribution >= 0.6 is 0 Å². The van der Waals surface area contributed by atoms with E-state index >= 15 is 0 Å². The van der Waals surface area contributed by atoms with E-state index in [4.69, 9.17) is 0 Å². The van der Waals surface area contributed by atoms with Gasteiger partial charge in [-0.25, -0.2) is 0 Å². The minimum absolute atomic E-state index is 0.0251. The Labute approximate surface area is 398 Å². The van der Waals surface area contributed by atoms with Crippen molar-refractivity contribution in [2.45, 2.75) is 77.0 Å². The molecule has 0 amide bonds. The summed E-state index contributed by atoms with van der Waals surface area (Å²) in [4.78, 5) is 0. The maximum atomic E-state index is 2.64. The normalized spacial score (nSPS) is 13.3. The molecular formula is C66H56N2. The van der Waals surface area contributed by atoms with E-state index in [1.54, 1.807) is 0 Å². The van der Waals surface area contributed by atoms with E-state index in [1.165, 1.54) is 121 Å². The number of fused-ring (bicyclic) bond motifs is 14. The molecule has 2 nitrogen and oxygen atoms in total. The molecule has 13 rings (SSSR count). The molecule has 68 heavy (non-hydrogen) atoms. The first-order valence-corrected chi connectivity index (χ1v) is 24.4. The molecule has 13 aromatic rings. The fourth-order valence-corrected chi connectivity index (χ4v) is 12.3. The second-order valence-electron chi connectivity index (χ2n) is 22.0. The molecule has 0 aliphatic carbocycles. The molecule has 0 atom stereocenters. The number of rotatable bonds is 6. The highest BCUT2D eigenvalue weighted by molar-refractivity contribution is 6.45. The van der Waals surface area contributed by atoms with Gasteiger partial charge in [0.15, 0.2) is 0 Å². The number of hydrogen-bond donors (Lipinski definition) is 0. The van der Waals surface area contributed by atoms with Gasteiger partial charge in [-0.05, 0) is 106 Å². The van der Waals surface area contributed by atoms with Gasteiger partial charge in [-0.1, -0.05) is 199 Å². The summed E-state index contributed by atoms with van der Waals surface area (Å²) in [6, 6.07) is 73.7. The zero-order valence-corrected chi connectivity index (χ0v) is 40.4. The third-order valence-electron chi connectivity index (χ3n) is 16.2. The summed E-state index contributed by atoms with van der Waals surface area (Å²) in [7, 11) is 0. The molecule has 0 N–H and O–H groups in total. The van der Waals surface area contributed by atoms with Gasteiger partial charge in [0.2, 0.25) is 0 Å². The van der Waals surface area contributed by atoms with Crippen molar-refractivity contribution in [2.75, 3.05) is 0 Å². The maximum absolute atomic E-state index is 2.64. The molecule has 4 aromatic heterocycles. The zero-order valence-electron chi connectivity index (χ0n) is 40.4. The Bertz CT molecular complexity index is 3730. The van der Waals surface area contributed by atoms with Crippen LogP contribution in [-0.2, 0) is 21.7 Å². The van der Waals surface area contributed by atoms with Crippen LogP contribution in [0.15, 0.2) is 194 Å². The smallest absolute Gasteiger partial charge is 0.0634 e. The monoisotopic (exact) mass is 876 g/mol. The van der Waals surface area contributed by atoms with Gasteiger partial charge in [-0.3, -0.25) is 0 Å². The van der Waals surface area contributed by atoms with E-state index in [0.717, 1.165) is 0 Å². The second-order valence-corrected chi connectivity index (χ2v) is 22.0. The molecule has 0 aliphatic rings. The van der Waals surface area contributed by atoms with Crippen LogP contribution in [0.2, 0.25) is 0 Å². The number of nitrogens with zero attached hydrogens (tertiary/aromatic N) is 2. The van der Waals surface area contributed by atoms with Crippen molar-refractivity contribution < 1.29 is 0 Å². The molecule has 4 heterocycles. The molecule has 0 spiro atoms. The van der Waals surface area contributed by atoms with E-state index in [9.17, 15) is 0 Å². The van der Waals surface area contributed by atoms with Gasteiger partial charge in [0.1, 0.15) is 0 Å². The van der Waals surface area contributed by atoms with E-state index in [-0.39, 0.29) is 21.7 Å². The van der Waals surface area contributed by atoms with Crippen LogP contribution in [0, 0.1) is 0 Å². The molecule has 0 fully saturated rings. The third kappa shape index (κ3) is 5.46. The lowest BCUT2D eigenvalue weighted by Gasteiger charge is -2.32. The van der Waals surface area contributed by atoms with Gasteiger partial charge in [-0.15, -0.1) is 0 Å². The van der Waals surface area contributed by atoms with Crippen molar-refractivity contribution in [1.82, 2.24) is 8.80 Å². The van der Waals surface area contributed by atoms with Crippen molar-refractivity contribution in [2.24, 2.45) is 0 Å². The van der Waals surface area contributed by atoms with Crippen molar-refractivity contribution in [3.8, 4) is 0 Å². The van der Waals surface area contributed by atoms with Gasteiger partial charge in [-0.2, -0.15) is 0 Å². The van der Waals surface area contributed by atoms with Crippen LogP contribution in [0.5, 0.6) is 0 Å². The Morgan fingerprint density at radius 1 is 0.250 bits per heavy atom. The molecule has 9 aromatic carbocycles. The first kappa shape index (κ1) is 40.8. The summed E-state index contributed by atoms with van der Waals surface area (Å²) in [6.45, 7) is 18.9. The lowest BCUT2D eigenvalue weighted by Crippen LogP contribution is -2.25. The molecule has 0 aliphatic heterocycles. The van der Waals surface area contributed by atoms with E-state index < -0.39 is 0 Å². The summed E-state index contributed by atoms with van der Waals surface area (Å²) < 4.78 is 5.28.